The van der Waals surface area contributed by atoms with Gasteiger partial charge >= 0.3 is 0 Å². The molecule has 1 amide bonds. The minimum Gasteiger partial charge on any atom is -0.348 e. The highest BCUT2D eigenvalue weighted by Gasteiger charge is 2.14. The molecule has 1 unspecified atom stereocenters. The van der Waals surface area contributed by atoms with E-state index in [2.05, 4.69) is 33.1 Å². The standard InChI is InChI=1S/C15H16N4OS/c1-10(16-15(20)13-8-19(2)18-17-13)7-11-9-21-14-6-4-3-5-12(11)14/h3-6,8-10H,7H2,1-2H3,(H,16,20). The molecule has 6 heteroatoms. The fourth-order valence-corrected chi connectivity index (χ4v) is 3.30. The molecule has 2 aromatic heterocycles. The van der Waals surface area contributed by atoms with E-state index in [0.717, 1.165) is 6.42 Å². The number of hydrogen-bond acceptors (Lipinski definition) is 4. The number of benzene rings is 1. The SMILES string of the molecule is CC(Cc1csc2ccccc12)NC(=O)c1cn(C)nn1. The molecule has 0 aliphatic carbocycles. The molecular weight excluding hydrogens is 284 g/mol. The zero-order valence-corrected chi connectivity index (χ0v) is 12.7. The number of thiophene rings is 1. The smallest absolute Gasteiger partial charge is 0.273 e. The van der Waals surface area contributed by atoms with Crippen molar-refractivity contribution in [3.8, 4) is 0 Å². The fraction of sp³-hybridized carbons (Fsp3) is 0.267. The number of nitrogens with zero attached hydrogens (tertiary/aromatic N) is 3. The van der Waals surface area contributed by atoms with Crippen molar-refractivity contribution in [2.45, 2.75) is 19.4 Å². The highest BCUT2D eigenvalue weighted by Crippen LogP contribution is 2.26. The molecule has 0 spiro atoms. The van der Waals surface area contributed by atoms with Gasteiger partial charge in [-0.3, -0.25) is 9.48 Å². The lowest BCUT2D eigenvalue weighted by atomic mass is 10.1. The summed E-state index contributed by atoms with van der Waals surface area (Å²) >= 11 is 1.74. The molecule has 3 rings (SSSR count). The third-order valence-electron chi connectivity index (χ3n) is 3.30. The lowest BCUT2D eigenvalue weighted by Crippen LogP contribution is -2.34. The fourth-order valence-electron chi connectivity index (χ4n) is 2.32. The first-order valence-electron chi connectivity index (χ1n) is 6.76. The van der Waals surface area contributed by atoms with E-state index in [9.17, 15) is 4.79 Å². The van der Waals surface area contributed by atoms with E-state index in [4.69, 9.17) is 0 Å². The predicted octanol–water partition coefficient (Wildman–Crippen LogP) is 2.39. The molecule has 1 N–H and O–H groups in total. The maximum Gasteiger partial charge on any atom is 0.273 e. The molecule has 1 atom stereocenters. The normalized spacial score (nSPS) is 12.5. The Labute approximate surface area is 126 Å². The number of nitrogens with one attached hydrogen (secondary N) is 1. The van der Waals surface area contributed by atoms with Gasteiger partial charge in [-0.1, -0.05) is 23.4 Å². The van der Waals surface area contributed by atoms with Crippen molar-refractivity contribution in [2.75, 3.05) is 0 Å². The number of amides is 1. The number of carbonyl (C=O) groups excluding carboxylic acids is 1. The molecule has 0 aliphatic rings. The second kappa shape index (κ2) is 5.65. The predicted molar refractivity (Wildman–Crippen MR) is 83.5 cm³/mol. The average molecular weight is 300 g/mol. The molecule has 0 aliphatic heterocycles. The van der Waals surface area contributed by atoms with Crippen LogP contribution >= 0.6 is 11.3 Å². The summed E-state index contributed by atoms with van der Waals surface area (Å²) in [6.07, 6.45) is 2.41. The van der Waals surface area contributed by atoms with Crippen LogP contribution in [-0.4, -0.2) is 26.9 Å². The first kappa shape index (κ1) is 13.8. The van der Waals surface area contributed by atoms with Crippen LogP contribution in [0.4, 0.5) is 0 Å². The van der Waals surface area contributed by atoms with Gasteiger partial charge in [-0.15, -0.1) is 16.4 Å². The minimum absolute atomic E-state index is 0.0394. The van der Waals surface area contributed by atoms with Gasteiger partial charge in [0.1, 0.15) is 0 Å². The molecule has 0 fully saturated rings. The quantitative estimate of drug-likeness (QED) is 0.805. The van der Waals surface area contributed by atoms with Gasteiger partial charge in [0, 0.05) is 17.8 Å². The number of aryl methyl sites for hydroxylation is 1. The average Bonchev–Trinajstić information content (AvgIpc) is 3.06. The van der Waals surface area contributed by atoms with E-state index >= 15 is 0 Å². The summed E-state index contributed by atoms with van der Waals surface area (Å²) in [7, 11) is 1.74. The Bertz CT molecular complexity index is 777. The van der Waals surface area contributed by atoms with E-state index in [1.54, 1.807) is 24.6 Å². The van der Waals surface area contributed by atoms with Gasteiger partial charge in [0.15, 0.2) is 5.69 Å². The lowest BCUT2D eigenvalue weighted by Gasteiger charge is -2.12. The molecule has 0 saturated carbocycles. The van der Waals surface area contributed by atoms with E-state index < -0.39 is 0 Å². The Hall–Kier alpha value is -2.21. The van der Waals surface area contributed by atoms with Crippen LogP contribution in [0.25, 0.3) is 10.1 Å². The number of fused-ring (bicyclic) bond motifs is 1. The molecule has 2 heterocycles. The highest BCUT2D eigenvalue weighted by molar-refractivity contribution is 7.17. The maximum absolute atomic E-state index is 12.0. The zero-order valence-electron chi connectivity index (χ0n) is 11.9. The van der Waals surface area contributed by atoms with Crippen LogP contribution in [-0.2, 0) is 13.5 Å². The van der Waals surface area contributed by atoms with Gasteiger partial charge < -0.3 is 5.32 Å². The minimum atomic E-state index is -0.185. The van der Waals surface area contributed by atoms with Gasteiger partial charge in [0.2, 0.25) is 0 Å². The molecule has 0 bridgehead atoms. The Morgan fingerprint density at radius 3 is 3.00 bits per heavy atom. The number of aromatic nitrogens is 3. The van der Waals surface area contributed by atoms with Gasteiger partial charge in [0.05, 0.1) is 6.20 Å². The summed E-state index contributed by atoms with van der Waals surface area (Å²) < 4.78 is 2.80. The number of hydrogen-bond donors (Lipinski definition) is 1. The summed E-state index contributed by atoms with van der Waals surface area (Å²) in [5.74, 6) is -0.185. The van der Waals surface area contributed by atoms with E-state index in [-0.39, 0.29) is 11.9 Å². The molecule has 0 radical (unpaired) electrons. The molecule has 0 saturated heterocycles. The molecule has 21 heavy (non-hydrogen) atoms. The van der Waals surface area contributed by atoms with E-state index in [1.165, 1.54) is 20.3 Å². The van der Waals surface area contributed by atoms with Crippen LogP contribution in [0.2, 0.25) is 0 Å². The Morgan fingerprint density at radius 1 is 1.43 bits per heavy atom. The van der Waals surface area contributed by atoms with Gasteiger partial charge in [-0.25, -0.2) is 0 Å². The summed E-state index contributed by atoms with van der Waals surface area (Å²) in [5, 5.41) is 14.0. The Kier molecular flexibility index (Phi) is 3.70. The van der Waals surface area contributed by atoms with Gasteiger partial charge in [-0.2, -0.15) is 0 Å². The van der Waals surface area contributed by atoms with Crippen molar-refractivity contribution in [1.82, 2.24) is 20.3 Å². The number of rotatable bonds is 4. The first-order chi connectivity index (χ1) is 10.1. The zero-order chi connectivity index (χ0) is 14.8. The van der Waals surface area contributed by atoms with Crippen LogP contribution in [0.1, 0.15) is 23.0 Å². The van der Waals surface area contributed by atoms with Gasteiger partial charge in [0.25, 0.3) is 5.91 Å². The third-order valence-corrected chi connectivity index (χ3v) is 4.31. The second-order valence-corrected chi connectivity index (χ2v) is 6.02. The molecule has 3 aromatic rings. The Morgan fingerprint density at radius 2 is 2.24 bits per heavy atom. The van der Waals surface area contributed by atoms with Crippen molar-refractivity contribution < 1.29 is 4.79 Å². The van der Waals surface area contributed by atoms with Crippen molar-refractivity contribution in [1.29, 1.82) is 0 Å². The molecule has 108 valence electrons. The molecule has 5 nitrogen and oxygen atoms in total. The summed E-state index contributed by atoms with van der Waals surface area (Å²) in [5.41, 5.74) is 1.61. The summed E-state index contributed by atoms with van der Waals surface area (Å²) in [6, 6.07) is 8.37. The van der Waals surface area contributed by atoms with Crippen molar-refractivity contribution in [3.05, 3.63) is 47.1 Å². The van der Waals surface area contributed by atoms with Crippen molar-refractivity contribution in [2.24, 2.45) is 7.05 Å². The third kappa shape index (κ3) is 2.95. The van der Waals surface area contributed by atoms with Crippen LogP contribution in [0, 0.1) is 0 Å². The highest BCUT2D eigenvalue weighted by atomic mass is 32.1. The monoisotopic (exact) mass is 300 g/mol. The molecular formula is C15H16N4OS. The van der Waals surface area contributed by atoms with Crippen molar-refractivity contribution >= 4 is 27.3 Å². The second-order valence-electron chi connectivity index (χ2n) is 5.11. The van der Waals surface area contributed by atoms with Gasteiger partial charge in [-0.05, 0) is 35.7 Å². The summed E-state index contributed by atoms with van der Waals surface area (Å²) in [4.78, 5) is 12.0. The number of carbonyl (C=O) groups is 1. The maximum atomic E-state index is 12.0. The van der Waals surface area contributed by atoms with E-state index in [0.29, 0.717) is 5.69 Å². The lowest BCUT2D eigenvalue weighted by molar-refractivity contribution is 0.0935. The summed E-state index contributed by atoms with van der Waals surface area (Å²) in [6.45, 7) is 2.00. The van der Waals surface area contributed by atoms with Crippen molar-refractivity contribution in [3.63, 3.8) is 0 Å². The van der Waals surface area contributed by atoms with Crippen LogP contribution in [0.5, 0.6) is 0 Å². The van der Waals surface area contributed by atoms with Crippen LogP contribution < -0.4 is 5.32 Å². The molecule has 1 aromatic carbocycles. The largest absolute Gasteiger partial charge is 0.348 e. The van der Waals surface area contributed by atoms with Crippen LogP contribution in [0.3, 0.4) is 0 Å². The first-order valence-corrected chi connectivity index (χ1v) is 7.64. The Balaban J connectivity index is 1.69. The van der Waals surface area contributed by atoms with Crippen LogP contribution in [0.15, 0.2) is 35.8 Å². The van der Waals surface area contributed by atoms with E-state index in [1.807, 2.05) is 19.1 Å². The topological polar surface area (TPSA) is 59.8 Å².